The Kier molecular flexibility index (Phi) is 4.49. The van der Waals surface area contributed by atoms with E-state index in [1.165, 1.54) is 33.1 Å². The molecule has 21 heavy (non-hydrogen) atoms. The van der Waals surface area contributed by atoms with Gasteiger partial charge in [0.15, 0.2) is 0 Å². The van der Waals surface area contributed by atoms with E-state index in [2.05, 4.69) is 88.6 Å². The number of rotatable bonds is 3. The lowest BCUT2D eigenvalue weighted by Gasteiger charge is -2.06. The normalized spacial score (nSPS) is 11.1. The van der Waals surface area contributed by atoms with Gasteiger partial charge in [-0.3, -0.25) is 0 Å². The molecular formula is C19H18P2. The lowest BCUT2D eigenvalue weighted by atomic mass is 10.00. The molecule has 2 atom stereocenters. The van der Waals surface area contributed by atoms with Gasteiger partial charge >= 0.3 is 0 Å². The molecule has 0 aliphatic rings. The van der Waals surface area contributed by atoms with E-state index in [-0.39, 0.29) is 0 Å². The molecule has 0 amide bonds. The van der Waals surface area contributed by atoms with Gasteiger partial charge in [0.2, 0.25) is 0 Å². The zero-order valence-electron chi connectivity index (χ0n) is 12.0. The summed E-state index contributed by atoms with van der Waals surface area (Å²) < 4.78 is 0. The lowest BCUT2D eigenvalue weighted by molar-refractivity contribution is 1.47. The lowest BCUT2D eigenvalue weighted by Crippen LogP contribution is -1.89. The van der Waals surface area contributed by atoms with Gasteiger partial charge in [-0.15, -0.1) is 8.93 Å². The Balaban J connectivity index is 1.87. The van der Waals surface area contributed by atoms with Crippen molar-refractivity contribution in [2.75, 3.05) is 0 Å². The van der Waals surface area contributed by atoms with Crippen LogP contribution < -0.4 is 5.30 Å². The van der Waals surface area contributed by atoms with Gasteiger partial charge in [-0.05, 0) is 34.5 Å². The first kappa shape index (κ1) is 14.5. The third-order valence-electron chi connectivity index (χ3n) is 3.65. The largest absolute Gasteiger partial charge is 0.110 e. The average Bonchev–Trinajstić information content (AvgIpc) is 2.56. The van der Waals surface area contributed by atoms with Gasteiger partial charge in [0.25, 0.3) is 0 Å². The van der Waals surface area contributed by atoms with E-state index in [4.69, 9.17) is 0 Å². The number of aryl methyl sites for hydroxylation is 1. The van der Waals surface area contributed by atoms with E-state index in [0.717, 1.165) is 8.27 Å². The van der Waals surface area contributed by atoms with Crippen LogP contribution in [-0.4, -0.2) is 0 Å². The molecule has 2 heteroatoms. The first-order valence-electron chi connectivity index (χ1n) is 7.00. The average molecular weight is 308 g/mol. The molecule has 3 aromatic carbocycles. The Morgan fingerprint density at radius 1 is 0.571 bits per heavy atom. The van der Waals surface area contributed by atoms with E-state index < -0.39 is 0 Å². The molecule has 104 valence electrons. The van der Waals surface area contributed by atoms with Crippen molar-refractivity contribution in [3.8, 4) is 22.3 Å². The molecule has 0 nitrogen and oxygen atoms in total. The van der Waals surface area contributed by atoms with Crippen LogP contribution in [0.4, 0.5) is 0 Å². The minimum Gasteiger partial charge on any atom is -0.110 e. The second-order valence-corrected chi connectivity index (χ2v) is 6.90. The van der Waals surface area contributed by atoms with Crippen molar-refractivity contribution < 1.29 is 0 Å². The van der Waals surface area contributed by atoms with E-state index in [1.807, 2.05) is 0 Å². The van der Waals surface area contributed by atoms with E-state index in [9.17, 15) is 0 Å². The number of hydrogen-bond acceptors (Lipinski definition) is 0. The number of benzene rings is 3. The van der Waals surface area contributed by atoms with Crippen LogP contribution in [-0.2, 0) is 0 Å². The molecule has 0 N–H and O–H groups in total. The zero-order chi connectivity index (χ0) is 14.7. The van der Waals surface area contributed by atoms with Crippen LogP contribution in [0.3, 0.4) is 0 Å². The third-order valence-corrected chi connectivity index (χ3v) is 5.32. The molecule has 0 saturated carbocycles. The van der Waals surface area contributed by atoms with Crippen LogP contribution >= 0.6 is 17.2 Å². The Morgan fingerprint density at radius 2 is 0.905 bits per heavy atom. The van der Waals surface area contributed by atoms with Crippen LogP contribution in [0.5, 0.6) is 0 Å². The summed E-state index contributed by atoms with van der Waals surface area (Å²) in [5.74, 6) is 0. The summed E-state index contributed by atoms with van der Waals surface area (Å²) in [5.41, 5.74) is 6.38. The molecule has 0 fully saturated rings. The summed E-state index contributed by atoms with van der Waals surface area (Å²) in [5, 5.41) is 1.38. The van der Waals surface area contributed by atoms with Crippen molar-refractivity contribution in [3.63, 3.8) is 0 Å². The summed E-state index contributed by atoms with van der Waals surface area (Å²) >= 11 is 0. The van der Waals surface area contributed by atoms with Crippen molar-refractivity contribution >= 4 is 22.5 Å². The molecule has 3 rings (SSSR count). The topological polar surface area (TPSA) is 0 Å². The van der Waals surface area contributed by atoms with Crippen molar-refractivity contribution in [2.24, 2.45) is 0 Å². The maximum atomic E-state index is 2.79. The van der Waals surface area contributed by atoms with Gasteiger partial charge in [-0.2, -0.15) is 0 Å². The maximum Gasteiger partial charge on any atom is -0.0184 e. The smallest absolute Gasteiger partial charge is 0.0184 e. The molecule has 0 aromatic heterocycles. The molecule has 2 unspecified atom stereocenters. The van der Waals surface area contributed by atoms with E-state index in [0.29, 0.717) is 0 Å². The van der Waals surface area contributed by atoms with Crippen molar-refractivity contribution in [3.05, 3.63) is 78.4 Å². The molecule has 0 saturated heterocycles. The minimum atomic E-state index is 0.779. The second kappa shape index (κ2) is 6.52. The van der Waals surface area contributed by atoms with Gasteiger partial charge in [-0.1, -0.05) is 86.6 Å². The molecule has 0 bridgehead atoms. The highest BCUT2D eigenvalue weighted by Crippen LogP contribution is 2.26. The van der Waals surface area contributed by atoms with Gasteiger partial charge in [0.1, 0.15) is 0 Å². The predicted molar refractivity (Wildman–Crippen MR) is 99.7 cm³/mol. The van der Waals surface area contributed by atoms with Crippen molar-refractivity contribution in [1.29, 1.82) is 0 Å². The quantitative estimate of drug-likeness (QED) is 0.566. The molecular weight excluding hydrogens is 290 g/mol. The first-order chi connectivity index (χ1) is 10.3. The van der Waals surface area contributed by atoms with Crippen LogP contribution in [0.2, 0.25) is 0 Å². The maximum absolute atomic E-state index is 2.79. The highest BCUT2D eigenvalue weighted by Gasteiger charge is 2.00. The van der Waals surface area contributed by atoms with Crippen LogP contribution in [0, 0.1) is 6.92 Å². The van der Waals surface area contributed by atoms with Crippen LogP contribution in [0.1, 0.15) is 5.56 Å². The Morgan fingerprint density at radius 3 is 1.29 bits per heavy atom. The minimum absolute atomic E-state index is 0.779. The van der Waals surface area contributed by atoms with Gasteiger partial charge in [-0.25, -0.2) is 0 Å². The van der Waals surface area contributed by atoms with Crippen molar-refractivity contribution in [1.82, 2.24) is 0 Å². The summed E-state index contributed by atoms with van der Waals surface area (Å²) in [6.45, 7) is 2.12. The summed E-state index contributed by atoms with van der Waals surface area (Å²) in [4.78, 5) is 0. The van der Waals surface area contributed by atoms with E-state index in [1.54, 1.807) is 0 Å². The van der Waals surface area contributed by atoms with Crippen LogP contribution in [0.15, 0.2) is 72.8 Å². The molecule has 0 aliphatic carbocycles. The first-order valence-corrected chi connectivity index (χ1v) is 9.81. The summed E-state index contributed by atoms with van der Waals surface area (Å²) in [6, 6.07) is 26.3. The second-order valence-electron chi connectivity index (χ2n) is 5.17. The summed E-state index contributed by atoms with van der Waals surface area (Å²) in [7, 11) is 3.57. The fourth-order valence-corrected chi connectivity index (χ4v) is 3.30. The molecule has 3 aromatic rings. The predicted octanol–water partition coefficient (Wildman–Crippen LogP) is 5.42. The number of hydrogen-bond donors (Lipinski definition) is 0. The zero-order valence-corrected chi connectivity index (χ0v) is 14.2. The SMILES string of the molecule is Cc1ccc(-c2ccc(-c3ccc(PP)cc3)cc2)cc1. The highest BCUT2D eigenvalue weighted by atomic mass is 32.0. The van der Waals surface area contributed by atoms with Crippen molar-refractivity contribution in [2.45, 2.75) is 6.92 Å². The Labute approximate surface area is 130 Å². The highest BCUT2D eigenvalue weighted by molar-refractivity contribution is 8.06. The Hall–Kier alpha value is -1.48. The third kappa shape index (κ3) is 3.41. The van der Waals surface area contributed by atoms with Gasteiger partial charge in [0.05, 0.1) is 0 Å². The molecule has 0 heterocycles. The molecule has 0 aliphatic heterocycles. The fourth-order valence-electron chi connectivity index (χ4n) is 2.36. The van der Waals surface area contributed by atoms with Crippen LogP contribution in [0.25, 0.3) is 22.3 Å². The van der Waals surface area contributed by atoms with Gasteiger partial charge in [0, 0.05) is 0 Å². The standard InChI is InChI=1S/C19H18P2/c1-14-2-4-15(5-3-14)16-6-8-17(9-7-16)18-10-12-19(21-20)13-11-18/h2-13,21H,20H2,1H3. The monoisotopic (exact) mass is 308 g/mol. The molecule has 0 spiro atoms. The van der Waals surface area contributed by atoms with E-state index >= 15 is 0 Å². The summed E-state index contributed by atoms with van der Waals surface area (Å²) in [6.07, 6.45) is 0. The van der Waals surface area contributed by atoms with Gasteiger partial charge < -0.3 is 0 Å². The molecule has 0 radical (unpaired) electrons. The fraction of sp³-hybridized carbons (Fsp3) is 0.0526. The Bertz CT molecular complexity index is 711.